The SMILES string of the molecule is O=C(COC(=O)/C(=C\c1cccs1)c1cccs1)Nc1ccc(F)c(F)c1. The van der Waals surface area contributed by atoms with Crippen LogP contribution in [0.15, 0.2) is 53.2 Å². The van der Waals surface area contributed by atoms with Crippen LogP contribution in [0.3, 0.4) is 0 Å². The fourth-order valence-corrected chi connectivity index (χ4v) is 3.55. The topological polar surface area (TPSA) is 55.4 Å². The molecule has 1 amide bonds. The lowest BCUT2D eigenvalue weighted by Gasteiger charge is -2.08. The van der Waals surface area contributed by atoms with Crippen LogP contribution >= 0.6 is 22.7 Å². The molecule has 27 heavy (non-hydrogen) atoms. The van der Waals surface area contributed by atoms with E-state index in [1.54, 1.807) is 12.1 Å². The molecule has 0 bridgehead atoms. The number of carbonyl (C=O) groups is 2. The molecule has 3 rings (SSSR count). The highest BCUT2D eigenvalue weighted by Gasteiger charge is 2.17. The summed E-state index contributed by atoms with van der Waals surface area (Å²) in [5.74, 6) is -3.40. The van der Waals surface area contributed by atoms with Crippen molar-refractivity contribution < 1.29 is 23.1 Å². The zero-order chi connectivity index (χ0) is 19.2. The van der Waals surface area contributed by atoms with Gasteiger partial charge in [-0.15, -0.1) is 22.7 Å². The highest BCUT2D eigenvalue weighted by Crippen LogP contribution is 2.25. The van der Waals surface area contributed by atoms with Gasteiger partial charge in [0.25, 0.3) is 5.91 Å². The van der Waals surface area contributed by atoms with Crippen molar-refractivity contribution in [3.63, 3.8) is 0 Å². The number of hydrogen-bond donors (Lipinski definition) is 1. The number of nitrogens with one attached hydrogen (secondary N) is 1. The Kier molecular flexibility index (Phi) is 6.10. The standard InChI is InChI=1S/C19H13F2NO3S2/c20-15-6-5-12(9-16(15)21)22-18(23)11-25-19(24)14(17-4-2-8-27-17)10-13-3-1-7-26-13/h1-10H,11H2,(H,22,23)/b14-10-. The van der Waals surface area contributed by atoms with Gasteiger partial charge in [0, 0.05) is 21.5 Å². The number of halogens is 2. The summed E-state index contributed by atoms with van der Waals surface area (Å²) in [5.41, 5.74) is 0.413. The van der Waals surface area contributed by atoms with Crippen molar-refractivity contribution in [2.75, 3.05) is 11.9 Å². The molecule has 0 unspecified atom stereocenters. The average Bonchev–Trinajstić information content (AvgIpc) is 3.34. The number of amides is 1. The van der Waals surface area contributed by atoms with Crippen molar-refractivity contribution in [3.8, 4) is 0 Å². The van der Waals surface area contributed by atoms with Crippen LogP contribution in [0.2, 0.25) is 0 Å². The van der Waals surface area contributed by atoms with Gasteiger partial charge in [0.1, 0.15) is 0 Å². The Labute approximate surface area is 161 Å². The van der Waals surface area contributed by atoms with E-state index in [0.29, 0.717) is 5.57 Å². The first-order valence-corrected chi connectivity index (χ1v) is 9.50. The molecule has 2 heterocycles. The van der Waals surface area contributed by atoms with Crippen LogP contribution in [-0.2, 0) is 14.3 Å². The van der Waals surface area contributed by atoms with Crippen LogP contribution in [-0.4, -0.2) is 18.5 Å². The maximum Gasteiger partial charge on any atom is 0.340 e. The van der Waals surface area contributed by atoms with Crippen molar-refractivity contribution in [2.24, 2.45) is 0 Å². The van der Waals surface area contributed by atoms with E-state index in [4.69, 9.17) is 4.74 Å². The van der Waals surface area contributed by atoms with E-state index in [0.717, 1.165) is 21.9 Å². The molecule has 0 aliphatic carbocycles. The quantitative estimate of drug-likeness (QED) is 0.473. The summed E-state index contributed by atoms with van der Waals surface area (Å²) in [6.45, 7) is -0.551. The smallest absolute Gasteiger partial charge is 0.340 e. The number of esters is 1. The summed E-state index contributed by atoms with van der Waals surface area (Å²) in [4.78, 5) is 26.0. The van der Waals surface area contributed by atoms with Crippen molar-refractivity contribution >= 4 is 51.9 Å². The second-order valence-electron chi connectivity index (χ2n) is 5.30. The molecule has 3 aromatic rings. The first-order chi connectivity index (χ1) is 13.0. The van der Waals surface area contributed by atoms with Crippen molar-refractivity contribution in [1.82, 2.24) is 0 Å². The van der Waals surface area contributed by atoms with Crippen molar-refractivity contribution in [2.45, 2.75) is 0 Å². The summed E-state index contributed by atoms with van der Waals surface area (Å²) in [6.07, 6.45) is 1.70. The van der Waals surface area contributed by atoms with Crippen molar-refractivity contribution in [1.29, 1.82) is 0 Å². The van der Waals surface area contributed by atoms with Crippen LogP contribution in [0.1, 0.15) is 9.75 Å². The first-order valence-electron chi connectivity index (χ1n) is 7.74. The van der Waals surface area contributed by atoms with Gasteiger partial charge in [-0.05, 0) is 41.1 Å². The molecule has 0 aliphatic rings. The van der Waals surface area contributed by atoms with Crippen LogP contribution in [0.5, 0.6) is 0 Å². The van der Waals surface area contributed by atoms with Gasteiger partial charge in [-0.1, -0.05) is 12.1 Å². The lowest BCUT2D eigenvalue weighted by atomic mass is 10.2. The molecular formula is C19H13F2NO3S2. The maximum absolute atomic E-state index is 13.2. The predicted molar refractivity (Wildman–Crippen MR) is 102 cm³/mol. The van der Waals surface area contributed by atoms with Gasteiger partial charge in [-0.3, -0.25) is 4.79 Å². The number of benzene rings is 1. The fraction of sp³-hybridized carbons (Fsp3) is 0.0526. The fourth-order valence-electron chi connectivity index (χ4n) is 2.16. The van der Waals surface area contributed by atoms with Gasteiger partial charge in [-0.2, -0.15) is 0 Å². The first kappa shape index (κ1) is 18.9. The number of thiophene rings is 2. The Hall–Kier alpha value is -2.84. The molecule has 0 saturated carbocycles. The molecule has 0 aliphatic heterocycles. The molecule has 2 aromatic heterocycles. The lowest BCUT2D eigenvalue weighted by Crippen LogP contribution is -2.21. The minimum atomic E-state index is -1.08. The Morgan fingerprint density at radius 2 is 1.81 bits per heavy atom. The number of ether oxygens (including phenoxy) is 1. The third kappa shape index (κ3) is 5.08. The van der Waals surface area contributed by atoms with Gasteiger partial charge in [0.05, 0.1) is 5.57 Å². The van der Waals surface area contributed by atoms with E-state index in [1.165, 1.54) is 28.7 Å². The van der Waals surface area contributed by atoms with Gasteiger partial charge >= 0.3 is 5.97 Å². The number of carbonyl (C=O) groups excluding carboxylic acids is 2. The third-order valence-corrected chi connectivity index (χ3v) is 5.10. The monoisotopic (exact) mass is 405 g/mol. The van der Waals surface area contributed by atoms with E-state index >= 15 is 0 Å². The molecule has 0 fully saturated rings. The van der Waals surface area contributed by atoms with E-state index in [-0.39, 0.29) is 5.69 Å². The van der Waals surface area contributed by atoms with Gasteiger partial charge in [-0.25, -0.2) is 13.6 Å². The molecule has 8 heteroatoms. The minimum absolute atomic E-state index is 0.0718. The Bertz CT molecular complexity index is 967. The highest BCUT2D eigenvalue weighted by molar-refractivity contribution is 7.12. The van der Waals surface area contributed by atoms with E-state index < -0.39 is 30.1 Å². The zero-order valence-electron chi connectivity index (χ0n) is 13.8. The predicted octanol–water partition coefficient (Wildman–Crippen LogP) is 4.81. The van der Waals surface area contributed by atoms with Gasteiger partial charge < -0.3 is 10.1 Å². The molecule has 1 N–H and O–H groups in total. The summed E-state index contributed by atoms with van der Waals surface area (Å²) >= 11 is 2.85. The molecule has 4 nitrogen and oxygen atoms in total. The highest BCUT2D eigenvalue weighted by atomic mass is 32.1. The van der Waals surface area contributed by atoms with Crippen LogP contribution in [0.25, 0.3) is 11.6 Å². The molecule has 0 atom stereocenters. The Morgan fingerprint density at radius 1 is 1.04 bits per heavy atom. The molecule has 0 spiro atoms. The third-order valence-electron chi connectivity index (χ3n) is 3.37. The summed E-state index contributed by atoms with van der Waals surface area (Å²) in [7, 11) is 0. The molecule has 0 saturated heterocycles. The largest absolute Gasteiger partial charge is 0.452 e. The minimum Gasteiger partial charge on any atom is -0.452 e. The summed E-state index contributed by atoms with van der Waals surface area (Å²) in [6, 6.07) is 10.3. The van der Waals surface area contributed by atoms with E-state index in [1.807, 2.05) is 29.0 Å². The number of hydrogen-bond acceptors (Lipinski definition) is 5. The second kappa shape index (κ2) is 8.70. The number of rotatable bonds is 6. The van der Waals surface area contributed by atoms with E-state index in [9.17, 15) is 18.4 Å². The van der Waals surface area contributed by atoms with Crippen molar-refractivity contribution in [3.05, 3.63) is 74.6 Å². The molecular weight excluding hydrogens is 392 g/mol. The second-order valence-corrected chi connectivity index (χ2v) is 7.23. The van der Waals surface area contributed by atoms with Crippen LogP contribution in [0.4, 0.5) is 14.5 Å². The summed E-state index contributed by atoms with van der Waals surface area (Å²) < 4.78 is 31.2. The number of anilines is 1. The Balaban J connectivity index is 1.65. The van der Waals surface area contributed by atoms with Crippen LogP contribution < -0.4 is 5.32 Å². The maximum atomic E-state index is 13.2. The zero-order valence-corrected chi connectivity index (χ0v) is 15.4. The molecule has 138 valence electrons. The van der Waals surface area contributed by atoms with Gasteiger partial charge in [0.2, 0.25) is 0 Å². The molecule has 1 aromatic carbocycles. The van der Waals surface area contributed by atoms with Gasteiger partial charge in [0.15, 0.2) is 18.2 Å². The average molecular weight is 405 g/mol. The lowest BCUT2D eigenvalue weighted by molar-refractivity contribution is -0.141. The Morgan fingerprint density at radius 3 is 2.48 bits per heavy atom. The normalized spacial score (nSPS) is 11.3. The summed E-state index contributed by atoms with van der Waals surface area (Å²) in [5, 5.41) is 6.07. The van der Waals surface area contributed by atoms with Crippen LogP contribution in [0, 0.1) is 11.6 Å². The van der Waals surface area contributed by atoms with E-state index in [2.05, 4.69) is 5.32 Å². The molecule has 0 radical (unpaired) electrons.